The smallest absolute Gasteiger partial charge is 0.305 e. The van der Waals surface area contributed by atoms with Crippen molar-refractivity contribution in [2.24, 2.45) is 0 Å². The van der Waals surface area contributed by atoms with Gasteiger partial charge in [-0.2, -0.15) is 4.39 Å². The van der Waals surface area contributed by atoms with Crippen molar-refractivity contribution in [2.45, 2.75) is 6.10 Å². The molecule has 1 aromatic carbocycles. The molecule has 1 aliphatic rings. The zero-order valence-corrected chi connectivity index (χ0v) is 10.9. The molecule has 0 radical (unpaired) electrons. The Bertz CT molecular complexity index is 562. The lowest BCUT2D eigenvalue weighted by atomic mass is 10.1. The van der Waals surface area contributed by atoms with Gasteiger partial charge in [0.15, 0.2) is 0 Å². The summed E-state index contributed by atoms with van der Waals surface area (Å²) in [6, 6.07) is 1.37. The average molecular weight is 301 g/mol. The third kappa shape index (κ3) is 3.50. The van der Waals surface area contributed by atoms with E-state index >= 15 is 0 Å². The number of nitrogens with zero attached hydrogens (tertiary/aromatic N) is 1. The van der Waals surface area contributed by atoms with Gasteiger partial charge in [0.25, 0.3) is 5.91 Å². The Morgan fingerprint density at radius 3 is 2.90 bits per heavy atom. The number of halogens is 2. The standard InChI is InChI=1S/C12H13F2N3O4/c13-8-1-2-9(17(19)20)11(14)10(8)12(18)16-6-7-5-15-3-4-21-7/h1-2,7,15H,3-6H2,(H,16,18). The van der Waals surface area contributed by atoms with Gasteiger partial charge in [-0.1, -0.05) is 0 Å². The first-order chi connectivity index (χ1) is 10.0. The zero-order chi connectivity index (χ0) is 15.4. The fraction of sp³-hybridized carbons (Fsp3) is 0.417. The van der Waals surface area contributed by atoms with E-state index in [2.05, 4.69) is 10.6 Å². The van der Waals surface area contributed by atoms with Crippen LogP contribution in [0.15, 0.2) is 12.1 Å². The van der Waals surface area contributed by atoms with Crippen LogP contribution in [0.3, 0.4) is 0 Å². The molecule has 21 heavy (non-hydrogen) atoms. The van der Waals surface area contributed by atoms with Crippen LogP contribution in [0.1, 0.15) is 10.4 Å². The van der Waals surface area contributed by atoms with Gasteiger partial charge in [-0.3, -0.25) is 14.9 Å². The lowest BCUT2D eigenvalue weighted by molar-refractivity contribution is -0.387. The summed E-state index contributed by atoms with van der Waals surface area (Å²) in [5.41, 5.74) is -1.91. The number of nitro groups is 1. The topological polar surface area (TPSA) is 93.5 Å². The van der Waals surface area contributed by atoms with Crippen molar-refractivity contribution in [1.29, 1.82) is 0 Å². The highest BCUT2D eigenvalue weighted by molar-refractivity contribution is 5.95. The van der Waals surface area contributed by atoms with Crippen molar-refractivity contribution < 1.29 is 23.2 Å². The number of nitrogens with one attached hydrogen (secondary N) is 2. The van der Waals surface area contributed by atoms with Crippen LogP contribution in [0.4, 0.5) is 14.5 Å². The van der Waals surface area contributed by atoms with Crippen molar-refractivity contribution in [3.05, 3.63) is 39.4 Å². The summed E-state index contributed by atoms with van der Waals surface area (Å²) in [6.45, 7) is 1.71. The summed E-state index contributed by atoms with van der Waals surface area (Å²) >= 11 is 0. The highest BCUT2D eigenvalue weighted by Crippen LogP contribution is 2.22. The Morgan fingerprint density at radius 2 is 2.29 bits per heavy atom. The number of nitro benzene ring substituents is 1. The molecule has 0 spiro atoms. The van der Waals surface area contributed by atoms with Crippen LogP contribution in [0, 0.1) is 21.7 Å². The normalized spacial score (nSPS) is 18.3. The molecule has 1 aliphatic heterocycles. The summed E-state index contributed by atoms with van der Waals surface area (Å²) in [6.07, 6.45) is -0.312. The molecule has 1 atom stereocenters. The van der Waals surface area contributed by atoms with Crippen molar-refractivity contribution >= 4 is 11.6 Å². The molecular weight excluding hydrogens is 288 g/mol. The maximum Gasteiger partial charge on any atom is 0.305 e. The van der Waals surface area contributed by atoms with Crippen molar-refractivity contribution in [1.82, 2.24) is 10.6 Å². The number of rotatable bonds is 4. The van der Waals surface area contributed by atoms with E-state index in [0.29, 0.717) is 31.8 Å². The molecule has 2 rings (SSSR count). The van der Waals surface area contributed by atoms with E-state index in [0.717, 1.165) is 0 Å². The summed E-state index contributed by atoms with van der Waals surface area (Å²) in [5, 5.41) is 15.9. The van der Waals surface area contributed by atoms with Gasteiger partial charge in [0.2, 0.25) is 5.82 Å². The number of hydrogen-bond acceptors (Lipinski definition) is 5. The Morgan fingerprint density at radius 1 is 1.52 bits per heavy atom. The molecule has 1 saturated heterocycles. The highest BCUT2D eigenvalue weighted by Gasteiger charge is 2.26. The predicted molar refractivity (Wildman–Crippen MR) is 68.0 cm³/mol. The highest BCUT2D eigenvalue weighted by atomic mass is 19.1. The molecule has 0 saturated carbocycles. The zero-order valence-electron chi connectivity index (χ0n) is 10.9. The van der Waals surface area contributed by atoms with E-state index in [4.69, 9.17) is 4.74 Å². The molecule has 7 nitrogen and oxygen atoms in total. The number of amides is 1. The second-order valence-corrected chi connectivity index (χ2v) is 4.42. The van der Waals surface area contributed by atoms with Crippen LogP contribution in [0.25, 0.3) is 0 Å². The summed E-state index contributed by atoms with van der Waals surface area (Å²) in [5.74, 6) is -3.69. The first-order valence-electron chi connectivity index (χ1n) is 6.23. The number of benzene rings is 1. The van der Waals surface area contributed by atoms with E-state index < -0.39 is 33.7 Å². The van der Waals surface area contributed by atoms with Crippen LogP contribution in [-0.4, -0.2) is 43.2 Å². The van der Waals surface area contributed by atoms with Gasteiger partial charge < -0.3 is 15.4 Å². The molecule has 1 fully saturated rings. The predicted octanol–water partition coefficient (Wildman–Crippen LogP) is 0.591. The van der Waals surface area contributed by atoms with Gasteiger partial charge in [0.1, 0.15) is 11.4 Å². The molecule has 0 aliphatic carbocycles. The molecule has 1 heterocycles. The van der Waals surface area contributed by atoms with Gasteiger partial charge in [-0.05, 0) is 6.07 Å². The molecule has 9 heteroatoms. The minimum Gasteiger partial charge on any atom is -0.374 e. The number of carbonyl (C=O) groups excluding carboxylic acids is 1. The van der Waals surface area contributed by atoms with Crippen LogP contribution in [-0.2, 0) is 4.74 Å². The van der Waals surface area contributed by atoms with Crippen LogP contribution >= 0.6 is 0 Å². The maximum absolute atomic E-state index is 13.8. The van der Waals surface area contributed by atoms with E-state index in [1.807, 2.05) is 0 Å². The van der Waals surface area contributed by atoms with Crippen molar-refractivity contribution in [3.63, 3.8) is 0 Å². The van der Waals surface area contributed by atoms with Gasteiger partial charge in [0, 0.05) is 25.7 Å². The van der Waals surface area contributed by atoms with E-state index in [9.17, 15) is 23.7 Å². The van der Waals surface area contributed by atoms with E-state index in [1.165, 1.54) is 0 Å². The molecule has 114 valence electrons. The number of ether oxygens (including phenoxy) is 1. The van der Waals surface area contributed by atoms with E-state index in [-0.39, 0.29) is 12.6 Å². The molecule has 0 aromatic heterocycles. The quantitative estimate of drug-likeness (QED) is 0.627. The lowest BCUT2D eigenvalue weighted by Crippen LogP contribution is -2.45. The van der Waals surface area contributed by atoms with Gasteiger partial charge >= 0.3 is 5.69 Å². The van der Waals surface area contributed by atoms with Crippen molar-refractivity contribution in [2.75, 3.05) is 26.2 Å². The lowest BCUT2D eigenvalue weighted by Gasteiger charge is -2.23. The van der Waals surface area contributed by atoms with Crippen LogP contribution in [0.5, 0.6) is 0 Å². The molecule has 1 unspecified atom stereocenters. The second-order valence-electron chi connectivity index (χ2n) is 4.42. The second kappa shape index (κ2) is 6.55. The van der Waals surface area contributed by atoms with Crippen LogP contribution < -0.4 is 10.6 Å². The fourth-order valence-electron chi connectivity index (χ4n) is 1.94. The molecule has 0 bridgehead atoms. The van der Waals surface area contributed by atoms with Crippen LogP contribution in [0.2, 0.25) is 0 Å². The summed E-state index contributed by atoms with van der Waals surface area (Å²) in [7, 11) is 0. The average Bonchev–Trinajstić information content (AvgIpc) is 2.46. The monoisotopic (exact) mass is 301 g/mol. The maximum atomic E-state index is 13.8. The number of carbonyl (C=O) groups is 1. The largest absolute Gasteiger partial charge is 0.374 e. The Balaban J connectivity index is 2.11. The Kier molecular flexibility index (Phi) is 4.76. The first kappa shape index (κ1) is 15.3. The minimum atomic E-state index is -1.49. The summed E-state index contributed by atoms with van der Waals surface area (Å²) in [4.78, 5) is 21.4. The van der Waals surface area contributed by atoms with Gasteiger partial charge in [0.05, 0.1) is 17.6 Å². The van der Waals surface area contributed by atoms with Crippen molar-refractivity contribution in [3.8, 4) is 0 Å². The fourth-order valence-corrected chi connectivity index (χ4v) is 1.94. The Hall–Kier alpha value is -2.13. The number of morpholine rings is 1. The minimum absolute atomic E-state index is 0.0490. The third-order valence-electron chi connectivity index (χ3n) is 2.99. The van der Waals surface area contributed by atoms with Gasteiger partial charge in [-0.15, -0.1) is 0 Å². The third-order valence-corrected chi connectivity index (χ3v) is 2.99. The molecule has 2 N–H and O–H groups in total. The summed E-state index contributed by atoms with van der Waals surface area (Å²) < 4.78 is 32.7. The first-order valence-corrected chi connectivity index (χ1v) is 6.23. The SMILES string of the molecule is O=C(NCC1CNCCO1)c1c(F)ccc([N+](=O)[O-])c1F. The Labute approximate surface area is 118 Å². The molecular formula is C12H13F2N3O4. The van der Waals surface area contributed by atoms with E-state index in [1.54, 1.807) is 0 Å². The molecule has 1 aromatic rings. The number of hydrogen-bond donors (Lipinski definition) is 2. The van der Waals surface area contributed by atoms with Gasteiger partial charge in [-0.25, -0.2) is 4.39 Å². The molecule has 1 amide bonds.